The van der Waals surface area contributed by atoms with E-state index in [2.05, 4.69) is 21.2 Å². The molecule has 1 aliphatic heterocycles. The summed E-state index contributed by atoms with van der Waals surface area (Å²) in [6.45, 7) is 3.57. The summed E-state index contributed by atoms with van der Waals surface area (Å²) < 4.78 is 22.6. The van der Waals surface area contributed by atoms with Crippen molar-refractivity contribution < 1.29 is 28.5 Å². The van der Waals surface area contributed by atoms with Crippen LogP contribution in [0.3, 0.4) is 0 Å². The van der Waals surface area contributed by atoms with Gasteiger partial charge in [0, 0.05) is 27.4 Å². The molecule has 0 unspecified atom stereocenters. The number of thiocarbonyl (C=S) groups is 1. The molecule has 0 saturated heterocycles. The third-order valence-electron chi connectivity index (χ3n) is 6.31. The van der Waals surface area contributed by atoms with Crippen LogP contribution >= 0.6 is 23.8 Å². The quantitative estimate of drug-likeness (QED) is 0.113. The maximum absolute atomic E-state index is 12.8. The number of hydrogen-bond donors (Lipinski definition) is 3. The highest BCUT2D eigenvalue weighted by atomic mass is 35.5. The standard InChI is InChI=1S/C31H31ClN4O6S/c1-4-40-30(38)27-19(2)34-31(43)35-28(27)22-12-6-8-14-24(22)41-18-26(37)36-33-16-20-11-9-15-25(39-3)29(20)42-17-21-10-5-7-13-23(21)32/h5-16,28H,4,17-18H2,1-3H3,(H,36,37)(H2,34,35,43)/t28-/m0/s1. The molecule has 1 atom stereocenters. The first-order valence-corrected chi connectivity index (χ1v) is 14.1. The number of ether oxygens (including phenoxy) is 4. The van der Waals surface area contributed by atoms with Gasteiger partial charge in [-0.05, 0) is 50.3 Å². The van der Waals surface area contributed by atoms with Gasteiger partial charge in [0.15, 0.2) is 23.2 Å². The van der Waals surface area contributed by atoms with E-state index in [0.717, 1.165) is 5.56 Å². The summed E-state index contributed by atoms with van der Waals surface area (Å²) >= 11 is 11.6. The van der Waals surface area contributed by atoms with Crippen molar-refractivity contribution in [2.24, 2.45) is 5.10 Å². The third-order valence-corrected chi connectivity index (χ3v) is 6.89. The Hall–Kier alpha value is -4.61. The Labute approximate surface area is 260 Å². The first kappa shape index (κ1) is 31.3. The zero-order chi connectivity index (χ0) is 30.8. The molecule has 4 rings (SSSR count). The highest BCUT2D eigenvalue weighted by molar-refractivity contribution is 7.80. The summed E-state index contributed by atoms with van der Waals surface area (Å²) in [6.07, 6.45) is 1.45. The molecule has 3 aromatic rings. The lowest BCUT2D eigenvalue weighted by atomic mass is 9.95. The Morgan fingerprint density at radius 2 is 1.79 bits per heavy atom. The molecule has 10 nitrogen and oxygen atoms in total. The number of esters is 1. The molecule has 43 heavy (non-hydrogen) atoms. The normalized spacial score (nSPS) is 14.5. The van der Waals surface area contributed by atoms with E-state index in [9.17, 15) is 9.59 Å². The molecule has 0 bridgehead atoms. The topological polar surface area (TPSA) is 120 Å². The zero-order valence-corrected chi connectivity index (χ0v) is 25.4. The number of amides is 1. The van der Waals surface area contributed by atoms with Crippen LogP contribution in [-0.4, -0.2) is 43.5 Å². The van der Waals surface area contributed by atoms with Crippen molar-refractivity contribution in [3.63, 3.8) is 0 Å². The van der Waals surface area contributed by atoms with E-state index >= 15 is 0 Å². The predicted molar refractivity (Wildman–Crippen MR) is 167 cm³/mol. The third kappa shape index (κ3) is 8.02. The van der Waals surface area contributed by atoms with Gasteiger partial charge in [0.2, 0.25) is 0 Å². The molecule has 3 N–H and O–H groups in total. The van der Waals surface area contributed by atoms with Crippen LogP contribution in [0.25, 0.3) is 0 Å². The van der Waals surface area contributed by atoms with Crippen LogP contribution in [0.4, 0.5) is 0 Å². The van der Waals surface area contributed by atoms with Gasteiger partial charge in [-0.1, -0.05) is 54.1 Å². The van der Waals surface area contributed by atoms with Gasteiger partial charge in [-0.2, -0.15) is 5.10 Å². The molecule has 1 aliphatic rings. The van der Waals surface area contributed by atoms with Gasteiger partial charge in [-0.3, -0.25) is 4.79 Å². The molecule has 0 aromatic heterocycles. The van der Waals surface area contributed by atoms with Crippen molar-refractivity contribution in [2.75, 3.05) is 20.3 Å². The lowest BCUT2D eigenvalue weighted by molar-refractivity contribution is -0.139. The molecule has 0 fully saturated rings. The van der Waals surface area contributed by atoms with E-state index < -0.39 is 17.9 Å². The van der Waals surface area contributed by atoms with Crippen LogP contribution in [0.1, 0.15) is 36.6 Å². The summed E-state index contributed by atoms with van der Waals surface area (Å²) in [7, 11) is 1.54. The number of carbonyl (C=O) groups is 2. The number of methoxy groups -OCH3 is 1. The van der Waals surface area contributed by atoms with Gasteiger partial charge in [0.05, 0.1) is 31.5 Å². The van der Waals surface area contributed by atoms with Gasteiger partial charge >= 0.3 is 5.97 Å². The maximum Gasteiger partial charge on any atom is 0.338 e. The van der Waals surface area contributed by atoms with Crippen LogP contribution in [0.5, 0.6) is 17.2 Å². The SMILES string of the molecule is CCOC(=O)C1=C(C)NC(=S)N[C@H]1c1ccccc1OCC(=O)NN=Cc1cccc(OC)c1OCc1ccccc1Cl. The molecular weight excluding hydrogens is 592 g/mol. The smallest absolute Gasteiger partial charge is 0.338 e. The average Bonchev–Trinajstić information content (AvgIpc) is 2.99. The number of para-hydroxylation sites is 2. The molecule has 0 saturated carbocycles. The minimum absolute atomic E-state index is 0.212. The fraction of sp³-hybridized carbons (Fsp3) is 0.226. The van der Waals surface area contributed by atoms with Gasteiger partial charge in [-0.15, -0.1) is 0 Å². The Morgan fingerprint density at radius 3 is 2.56 bits per heavy atom. The van der Waals surface area contributed by atoms with Crippen molar-refractivity contribution in [2.45, 2.75) is 26.5 Å². The number of carbonyl (C=O) groups excluding carboxylic acids is 2. The zero-order valence-electron chi connectivity index (χ0n) is 23.8. The number of nitrogens with zero attached hydrogens (tertiary/aromatic N) is 1. The largest absolute Gasteiger partial charge is 0.493 e. The highest BCUT2D eigenvalue weighted by Crippen LogP contribution is 2.34. The van der Waals surface area contributed by atoms with E-state index in [1.165, 1.54) is 13.3 Å². The van der Waals surface area contributed by atoms with E-state index in [1.807, 2.05) is 18.2 Å². The number of benzene rings is 3. The summed E-state index contributed by atoms with van der Waals surface area (Å²) in [4.78, 5) is 25.4. The van der Waals surface area contributed by atoms with Crippen LogP contribution < -0.4 is 30.3 Å². The van der Waals surface area contributed by atoms with E-state index in [1.54, 1.807) is 62.4 Å². The number of halogens is 1. The molecule has 1 heterocycles. The Balaban J connectivity index is 1.43. The number of nitrogens with one attached hydrogen (secondary N) is 3. The minimum atomic E-state index is -0.637. The van der Waals surface area contributed by atoms with Crippen molar-refractivity contribution in [1.29, 1.82) is 0 Å². The van der Waals surface area contributed by atoms with Crippen molar-refractivity contribution in [1.82, 2.24) is 16.1 Å². The molecule has 0 aliphatic carbocycles. The second kappa shape index (κ2) is 15.0. The van der Waals surface area contributed by atoms with Gasteiger partial charge < -0.3 is 29.6 Å². The molecule has 224 valence electrons. The van der Waals surface area contributed by atoms with Gasteiger partial charge in [-0.25, -0.2) is 10.2 Å². The summed E-state index contributed by atoms with van der Waals surface area (Å²) in [5.41, 5.74) is 5.41. The first-order valence-electron chi connectivity index (χ1n) is 13.3. The lowest BCUT2D eigenvalue weighted by Crippen LogP contribution is -2.45. The van der Waals surface area contributed by atoms with Crippen LogP contribution in [0, 0.1) is 0 Å². The first-order chi connectivity index (χ1) is 20.8. The van der Waals surface area contributed by atoms with Gasteiger partial charge in [0.1, 0.15) is 12.4 Å². The minimum Gasteiger partial charge on any atom is -0.493 e. The number of hydrogen-bond acceptors (Lipinski definition) is 8. The van der Waals surface area contributed by atoms with Crippen molar-refractivity contribution in [3.05, 3.63) is 99.7 Å². The monoisotopic (exact) mass is 622 g/mol. The van der Waals surface area contributed by atoms with E-state index in [0.29, 0.717) is 49.8 Å². The molecule has 1 amide bonds. The number of allylic oxidation sites excluding steroid dienone is 1. The molecule has 0 spiro atoms. The van der Waals surface area contributed by atoms with Crippen molar-refractivity contribution >= 4 is 47.0 Å². The fourth-order valence-electron chi connectivity index (χ4n) is 4.32. The number of rotatable bonds is 12. The Kier molecular flexibility index (Phi) is 11.0. The molecule has 0 radical (unpaired) electrons. The average molecular weight is 623 g/mol. The van der Waals surface area contributed by atoms with Crippen LogP contribution in [-0.2, 0) is 20.9 Å². The second-order valence-electron chi connectivity index (χ2n) is 9.17. The van der Waals surface area contributed by atoms with Gasteiger partial charge in [0.25, 0.3) is 5.91 Å². The second-order valence-corrected chi connectivity index (χ2v) is 9.98. The van der Waals surface area contributed by atoms with Crippen molar-refractivity contribution in [3.8, 4) is 17.2 Å². The summed E-state index contributed by atoms with van der Waals surface area (Å²) in [5, 5.41) is 11.1. The molecule has 3 aromatic carbocycles. The maximum atomic E-state index is 12.8. The fourth-order valence-corrected chi connectivity index (χ4v) is 4.78. The summed E-state index contributed by atoms with van der Waals surface area (Å²) in [6, 6.07) is 19.1. The summed E-state index contributed by atoms with van der Waals surface area (Å²) in [5.74, 6) is 0.350. The van der Waals surface area contributed by atoms with Crippen LogP contribution in [0.15, 0.2) is 83.1 Å². The highest BCUT2D eigenvalue weighted by Gasteiger charge is 2.32. The molecule has 12 heteroatoms. The molecular formula is C31H31ClN4O6S. The van der Waals surface area contributed by atoms with Crippen LogP contribution in [0.2, 0.25) is 5.02 Å². The van der Waals surface area contributed by atoms with E-state index in [4.69, 9.17) is 42.8 Å². The van der Waals surface area contributed by atoms with E-state index in [-0.39, 0.29) is 19.8 Å². The Bertz CT molecular complexity index is 1560. The number of hydrazone groups is 1. The lowest BCUT2D eigenvalue weighted by Gasteiger charge is -2.30. The predicted octanol–water partition coefficient (Wildman–Crippen LogP) is 4.81. The Morgan fingerprint density at radius 1 is 1.05 bits per heavy atom.